The van der Waals surface area contributed by atoms with Crippen molar-refractivity contribution in [2.24, 2.45) is 0 Å². The summed E-state index contributed by atoms with van der Waals surface area (Å²) in [5.74, 6) is 7.43. The number of nitrogens with zero attached hydrogens (tertiary/aromatic N) is 1. The molecule has 2 heterocycles. The average Bonchev–Trinajstić information content (AvgIpc) is 3.19. The van der Waals surface area contributed by atoms with Crippen molar-refractivity contribution in [2.75, 3.05) is 7.11 Å². The van der Waals surface area contributed by atoms with Crippen molar-refractivity contribution in [2.45, 2.75) is 37.6 Å². The van der Waals surface area contributed by atoms with Crippen LogP contribution in [-0.4, -0.2) is 24.0 Å². The van der Waals surface area contributed by atoms with Crippen molar-refractivity contribution in [1.82, 2.24) is 10.3 Å². The Morgan fingerprint density at radius 2 is 2.21 bits per heavy atom. The minimum Gasteiger partial charge on any atom is -0.481 e. The Bertz CT molecular complexity index is 567. The minimum atomic E-state index is -0.0385. The van der Waals surface area contributed by atoms with Crippen LogP contribution in [0, 0.1) is 11.8 Å². The van der Waals surface area contributed by atoms with Gasteiger partial charge in [-0.15, -0.1) is 0 Å². The van der Waals surface area contributed by atoms with E-state index >= 15 is 0 Å². The molecule has 4 nitrogen and oxygen atoms in total. The lowest BCUT2D eigenvalue weighted by Gasteiger charge is -2.06. The molecule has 1 atom stereocenters. The maximum Gasteiger partial charge on any atom is 0.221 e. The number of pyridine rings is 1. The van der Waals surface area contributed by atoms with Crippen LogP contribution in [0.25, 0.3) is 0 Å². The normalized spacial score (nSPS) is 21.5. The molecule has 1 aromatic heterocycles. The van der Waals surface area contributed by atoms with Gasteiger partial charge in [0.05, 0.1) is 13.2 Å². The van der Waals surface area contributed by atoms with Crippen LogP contribution in [-0.2, 0) is 4.79 Å². The molecule has 1 saturated heterocycles. The standard InChI is InChI=1S/C15H16N2O2/c1-19-15-13(10-2-3-10)8-6-12(17-15)5-4-11-7-9-14(18)16-11/h6,8,10-11H,2-3,7,9H2,1H3,(H,16,18). The van der Waals surface area contributed by atoms with E-state index in [9.17, 15) is 4.79 Å². The van der Waals surface area contributed by atoms with E-state index in [0.29, 0.717) is 23.9 Å². The van der Waals surface area contributed by atoms with Gasteiger partial charge in [-0.2, -0.15) is 0 Å². The zero-order chi connectivity index (χ0) is 13.2. The number of rotatable bonds is 2. The van der Waals surface area contributed by atoms with E-state index in [4.69, 9.17) is 4.74 Å². The third-order valence-corrected chi connectivity index (χ3v) is 3.47. The Morgan fingerprint density at radius 1 is 1.37 bits per heavy atom. The molecule has 1 saturated carbocycles. The van der Waals surface area contributed by atoms with Gasteiger partial charge in [-0.1, -0.05) is 12.0 Å². The first kappa shape index (κ1) is 12.0. The number of methoxy groups -OCH3 is 1. The first-order valence-corrected chi connectivity index (χ1v) is 6.62. The van der Waals surface area contributed by atoms with Gasteiger partial charge >= 0.3 is 0 Å². The summed E-state index contributed by atoms with van der Waals surface area (Å²) in [6, 6.07) is 3.95. The highest BCUT2D eigenvalue weighted by Crippen LogP contribution is 2.43. The molecule has 1 aliphatic heterocycles. The van der Waals surface area contributed by atoms with Gasteiger partial charge in [0.1, 0.15) is 5.69 Å². The summed E-state index contributed by atoms with van der Waals surface area (Å²) in [6.45, 7) is 0. The van der Waals surface area contributed by atoms with Gasteiger partial charge in [0.25, 0.3) is 0 Å². The van der Waals surface area contributed by atoms with E-state index in [0.717, 1.165) is 6.42 Å². The van der Waals surface area contributed by atoms with E-state index in [-0.39, 0.29) is 11.9 Å². The summed E-state index contributed by atoms with van der Waals surface area (Å²) < 4.78 is 5.33. The van der Waals surface area contributed by atoms with Crippen molar-refractivity contribution in [3.63, 3.8) is 0 Å². The average molecular weight is 256 g/mol. The molecule has 1 N–H and O–H groups in total. The molecule has 0 spiro atoms. The predicted molar refractivity (Wildman–Crippen MR) is 70.8 cm³/mol. The molecule has 3 rings (SSSR count). The molecule has 19 heavy (non-hydrogen) atoms. The fourth-order valence-corrected chi connectivity index (χ4v) is 2.27. The smallest absolute Gasteiger partial charge is 0.221 e. The molecule has 0 radical (unpaired) electrons. The van der Waals surface area contributed by atoms with Crippen LogP contribution < -0.4 is 10.1 Å². The van der Waals surface area contributed by atoms with Crippen molar-refractivity contribution >= 4 is 5.91 Å². The Kier molecular flexibility index (Phi) is 3.12. The van der Waals surface area contributed by atoms with Crippen molar-refractivity contribution in [3.8, 4) is 17.7 Å². The molecule has 2 aliphatic rings. The van der Waals surface area contributed by atoms with Crippen LogP contribution in [0.1, 0.15) is 42.9 Å². The number of ether oxygens (including phenoxy) is 1. The molecular weight excluding hydrogens is 240 g/mol. The molecule has 1 aromatic rings. The Labute approximate surface area is 112 Å². The highest BCUT2D eigenvalue weighted by molar-refractivity contribution is 5.79. The van der Waals surface area contributed by atoms with Gasteiger partial charge < -0.3 is 10.1 Å². The van der Waals surface area contributed by atoms with Crippen LogP contribution >= 0.6 is 0 Å². The molecule has 1 amide bonds. The second-order valence-electron chi connectivity index (χ2n) is 5.00. The summed E-state index contributed by atoms with van der Waals surface area (Å²) in [4.78, 5) is 15.5. The first-order chi connectivity index (χ1) is 9.26. The molecule has 98 valence electrons. The molecule has 2 fully saturated rings. The quantitative estimate of drug-likeness (QED) is 0.818. The monoisotopic (exact) mass is 256 g/mol. The minimum absolute atomic E-state index is 0.0385. The van der Waals surface area contributed by atoms with Gasteiger partial charge in [0.2, 0.25) is 11.8 Å². The van der Waals surface area contributed by atoms with Gasteiger partial charge in [-0.25, -0.2) is 4.98 Å². The van der Waals surface area contributed by atoms with E-state index in [1.165, 1.54) is 18.4 Å². The molecular formula is C15H16N2O2. The van der Waals surface area contributed by atoms with Crippen LogP contribution in [0.15, 0.2) is 12.1 Å². The van der Waals surface area contributed by atoms with Crippen LogP contribution in [0.5, 0.6) is 5.88 Å². The lowest BCUT2D eigenvalue weighted by Crippen LogP contribution is -2.23. The molecule has 0 bridgehead atoms. The van der Waals surface area contributed by atoms with Gasteiger partial charge in [0, 0.05) is 12.0 Å². The third-order valence-electron chi connectivity index (χ3n) is 3.47. The van der Waals surface area contributed by atoms with E-state index in [1.807, 2.05) is 6.07 Å². The van der Waals surface area contributed by atoms with Gasteiger partial charge in [0.15, 0.2) is 0 Å². The van der Waals surface area contributed by atoms with Crippen LogP contribution in [0.2, 0.25) is 0 Å². The zero-order valence-electron chi connectivity index (χ0n) is 10.9. The van der Waals surface area contributed by atoms with E-state index < -0.39 is 0 Å². The Balaban J connectivity index is 1.78. The number of aromatic nitrogens is 1. The topological polar surface area (TPSA) is 51.2 Å². The number of nitrogens with one attached hydrogen (secondary N) is 1. The Hall–Kier alpha value is -2.02. The van der Waals surface area contributed by atoms with Gasteiger partial charge in [-0.05, 0) is 37.2 Å². The van der Waals surface area contributed by atoms with Crippen LogP contribution in [0.4, 0.5) is 0 Å². The third kappa shape index (κ3) is 2.70. The number of carbonyl (C=O) groups excluding carboxylic acids is 1. The molecule has 4 heteroatoms. The maximum atomic E-state index is 11.1. The molecule has 1 aliphatic carbocycles. The number of carbonyl (C=O) groups is 1. The summed E-state index contributed by atoms with van der Waals surface area (Å²) in [5.41, 5.74) is 1.88. The van der Waals surface area contributed by atoms with Crippen molar-refractivity contribution < 1.29 is 9.53 Å². The number of amides is 1. The van der Waals surface area contributed by atoms with E-state index in [1.54, 1.807) is 7.11 Å². The fourth-order valence-electron chi connectivity index (χ4n) is 2.27. The highest BCUT2D eigenvalue weighted by Gasteiger charge is 2.27. The maximum absolute atomic E-state index is 11.1. The summed E-state index contributed by atoms with van der Waals surface area (Å²) in [6.07, 6.45) is 3.79. The molecule has 0 aromatic carbocycles. The van der Waals surface area contributed by atoms with E-state index in [2.05, 4.69) is 28.2 Å². The lowest BCUT2D eigenvalue weighted by atomic mass is 10.1. The summed E-state index contributed by atoms with van der Waals surface area (Å²) in [5, 5.41) is 2.82. The largest absolute Gasteiger partial charge is 0.481 e. The first-order valence-electron chi connectivity index (χ1n) is 6.62. The zero-order valence-corrected chi connectivity index (χ0v) is 10.9. The van der Waals surface area contributed by atoms with Gasteiger partial charge in [-0.3, -0.25) is 4.79 Å². The summed E-state index contributed by atoms with van der Waals surface area (Å²) >= 11 is 0. The Morgan fingerprint density at radius 3 is 2.84 bits per heavy atom. The van der Waals surface area contributed by atoms with Crippen molar-refractivity contribution in [3.05, 3.63) is 23.4 Å². The number of hydrogen-bond donors (Lipinski definition) is 1. The lowest BCUT2D eigenvalue weighted by molar-refractivity contribution is -0.119. The summed E-state index contributed by atoms with van der Waals surface area (Å²) in [7, 11) is 1.64. The second-order valence-corrected chi connectivity index (χ2v) is 5.00. The van der Waals surface area contributed by atoms with Crippen molar-refractivity contribution in [1.29, 1.82) is 0 Å². The number of hydrogen-bond acceptors (Lipinski definition) is 3. The predicted octanol–water partition coefficient (Wildman–Crippen LogP) is 1.60. The van der Waals surface area contributed by atoms with Crippen LogP contribution in [0.3, 0.4) is 0 Å². The fraction of sp³-hybridized carbons (Fsp3) is 0.467. The second kappa shape index (κ2) is 4.93. The highest BCUT2D eigenvalue weighted by atomic mass is 16.5. The SMILES string of the molecule is COc1nc(C#CC2CCC(=O)N2)ccc1C1CC1. The molecule has 1 unspecified atom stereocenters.